The number of phenols is 1. The number of phenolic OH excluding ortho intramolecular Hbond substituents is 1. The largest absolute Gasteiger partial charge is 0.507 e. The normalized spacial score (nSPS) is 17.8. The molecule has 2 aromatic rings. The Kier molecular flexibility index (Phi) is 3.90. The number of hydrogen-bond donors (Lipinski definition) is 2. The number of fused-ring (bicyclic) bond motifs is 1. The first-order chi connectivity index (χ1) is 10.2. The molecule has 110 valence electrons. The maximum absolute atomic E-state index is 12.8. The fourth-order valence-electron chi connectivity index (χ4n) is 2.96. The highest BCUT2D eigenvalue weighted by atomic mass is 16.3. The summed E-state index contributed by atoms with van der Waals surface area (Å²) in [6, 6.07) is 10.7. The van der Waals surface area contributed by atoms with Gasteiger partial charge in [-0.15, -0.1) is 0 Å². The molecule has 2 aromatic carbocycles. The Morgan fingerprint density at radius 3 is 2.52 bits per heavy atom. The Bertz CT molecular complexity index is 663. The third-order valence-electron chi connectivity index (χ3n) is 4.25. The van der Waals surface area contributed by atoms with Gasteiger partial charge < -0.3 is 10.4 Å². The lowest BCUT2D eigenvalue weighted by Gasteiger charge is -2.32. The lowest BCUT2D eigenvalue weighted by molar-refractivity contribution is 0.0822. The van der Waals surface area contributed by atoms with Crippen LogP contribution >= 0.6 is 0 Å². The van der Waals surface area contributed by atoms with Crippen LogP contribution in [0.15, 0.2) is 36.4 Å². The number of rotatable bonds is 3. The molecule has 0 radical (unpaired) electrons. The van der Waals surface area contributed by atoms with E-state index in [1.54, 1.807) is 12.1 Å². The number of nitrogens with zero attached hydrogens (tertiary/aromatic N) is 1. The lowest BCUT2D eigenvalue weighted by Crippen LogP contribution is -2.50. The van der Waals surface area contributed by atoms with Crippen molar-refractivity contribution in [2.45, 2.75) is 13.0 Å². The van der Waals surface area contributed by atoms with Crippen molar-refractivity contribution in [3.8, 4) is 5.75 Å². The molecule has 0 amide bonds. The van der Waals surface area contributed by atoms with Crippen LogP contribution in [0.1, 0.15) is 17.3 Å². The fraction of sp³-hybridized carbons (Fsp3) is 0.353. The van der Waals surface area contributed by atoms with E-state index in [1.165, 1.54) is 0 Å². The van der Waals surface area contributed by atoms with Crippen LogP contribution in [0, 0.1) is 0 Å². The van der Waals surface area contributed by atoms with Gasteiger partial charge in [0, 0.05) is 37.1 Å². The van der Waals surface area contributed by atoms with Gasteiger partial charge in [-0.3, -0.25) is 9.69 Å². The second-order valence-electron chi connectivity index (χ2n) is 5.50. The van der Waals surface area contributed by atoms with Crippen LogP contribution in [-0.4, -0.2) is 48.0 Å². The third kappa shape index (κ3) is 2.64. The number of carbonyl (C=O) groups excluding carboxylic acids is 1. The highest BCUT2D eigenvalue weighted by molar-refractivity contribution is 6.11. The van der Waals surface area contributed by atoms with Gasteiger partial charge in [0.25, 0.3) is 0 Å². The second kappa shape index (κ2) is 5.84. The molecule has 4 nitrogen and oxygen atoms in total. The van der Waals surface area contributed by atoms with Crippen molar-refractivity contribution in [3.05, 3.63) is 42.0 Å². The van der Waals surface area contributed by atoms with Gasteiger partial charge in [0.1, 0.15) is 5.75 Å². The quantitative estimate of drug-likeness (QED) is 0.847. The van der Waals surface area contributed by atoms with Crippen LogP contribution < -0.4 is 5.32 Å². The molecule has 1 aliphatic rings. The monoisotopic (exact) mass is 284 g/mol. The van der Waals surface area contributed by atoms with Crippen LogP contribution in [0.3, 0.4) is 0 Å². The summed E-state index contributed by atoms with van der Waals surface area (Å²) >= 11 is 0. The molecule has 1 unspecified atom stereocenters. The SMILES string of the molecule is CC(C(=O)c1ccc(O)c2ccccc12)N1CCNCC1. The predicted octanol–water partition coefficient (Wildman–Crippen LogP) is 2.02. The topological polar surface area (TPSA) is 52.6 Å². The summed E-state index contributed by atoms with van der Waals surface area (Å²) in [6.45, 7) is 5.60. The zero-order valence-electron chi connectivity index (χ0n) is 12.2. The average molecular weight is 284 g/mol. The van der Waals surface area contributed by atoms with Crippen LogP contribution in [-0.2, 0) is 0 Å². The summed E-state index contributed by atoms with van der Waals surface area (Å²) in [5, 5.41) is 14.8. The molecule has 1 aliphatic heterocycles. The molecule has 0 bridgehead atoms. The van der Waals surface area contributed by atoms with E-state index < -0.39 is 0 Å². The van der Waals surface area contributed by atoms with E-state index in [-0.39, 0.29) is 17.6 Å². The molecular weight excluding hydrogens is 264 g/mol. The van der Waals surface area contributed by atoms with Crippen molar-refractivity contribution in [2.75, 3.05) is 26.2 Å². The highest BCUT2D eigenvalue weighted by Gasteiger charge is 2.25. The van der Waals surface area contributed by atoms with Crippen molar-refractivity contribution in [3.63, 3.8) is 0 Å². The lowest BCUT2D eigenvalue weighted by atomic mass is 9.96. The van der Waals surface area contributed by atoms with Gasteiger partial charge in [-0.25, -0.2) is 0 Å². The van der Waals surface area contributed by atoms with Crippen molar-refractivity contribution < 1.29 is 9.90 Å². The number of carbonyl (C=O) groups is 1. The van der Waals surface area contributed by atoms with E-state index in [1.807, 2.05) is 31.2 Å². The van der Waals surface area contributed by atoms with Crippen LogP contribution in [0.5, 0.6) is 5.75 Å². The minimum atomic E-state index is -0.139. The predicted molar refractivity (Wildman–Crippen MR) is 83.8 cm³/mol. The van der Waals surface area contributed by atoms with Gasteiger partial charge in [-0.1, -0.05) is 24.3 Å². The number of piperazine rings is 1. The van der Waals surface area contributed by atoms with Gasteiger partial charge in [-0.05, 0) is 24.4 Å². The Balaban J connectivity index is 1.96. The van der Waals surface area contributed by atoms with E-state index in [0.29, 0.717) is 5.56 Å². The number of Topliss-reactive ketones (excluding diaryl/α,β-unsaturated/α-hetero) is 1. The number of nitrogens with one attached hydrogen (secondary N) is 1. The summed E-state index contributed by atoms with van der Waals surface area (Å²) in [4.78, 5) is 15.0. The molecule has 0 saturated carbocycles. The maximum Gasteiger partial charge on any atom is 0.180 e. The molecule has 2 N–H and O–H groups in total. The second-order valence-corrected chi connectivity index (χ2v) is 5.50. The molecule has 1 atom stereocenters. The molecule has 4 heteroatoms. The molecule has 0 spiro atoms. The molecule has 1 saturated heterocycles. The maximum atomic E-state index is 12.8. The van der Waals surface area contributed by atoms with Gasteiger partial charge in [0.15, 0.2) is 5.78 Å². The van der Waals surface area contributed by atoms with Crippen molar-refractivity contribution in [2.24, 2.45) is 0 Å². The molecule has 21 heavy (non-hydrogen) atoms. The number of ketones is 1. The third-order valence-corrected chi connectivity index (χ3v) is 4.25. The molecule has 1 heterocycles. The van der Waals surface area contributed by atoms with Crippen LogP contribution in [0.4, 0.5) is 0 Å². The van der Waals surface area contributed by atoms with Crippen molar-refractivity contribution in [1.29, 1.82) is 0 Å². The standard InChI is InChI=1S/C17H20N2O2/c1-12(19-10-8-18-9-11-19)17(21)15-6-7-16(20)14-5-3-2-4-13(14)15/h2-7,12,18,20H,8-11H2,1H3. The van der Waals surface area contributed by atoms with E-state index in [2.05, 4.69) is 10.2 Å². The molecule has 3 rings (SSSR count). The first kappa shape index (κ1) is 14.0. The molecule has 0 aliphatic carbocycles. The van der Waals surface area contributed by atoms with Crippen LogP contribution in [0.25, 0.3) is 10.8 Å². The van der Waals surface area contributed by atoms with E-state index in [0.717, 1.165) is 37.0 Å². The first-order valence-electron chi connectivity index (χ1n) is 7.38. The van der Waals surface area contributed by atoms with Gasteiger partial charge in [0.2, 0.25) is 0 Å². The fourth-order valence-corrected chi connectivity index (χ4v) is 2.96. The van der Waals surface area contributed by atoms with E-state index >= 15 is 0 Å². The van der Waals surface area contributed by atoms with E-state index in [4.69, 9.17) is 0 Å². The average Bonchev–Trinajstić information content (AvgIpc) is 2.55. The van der Waals surface area contributed by atoms with Crippen molar-refractivity contribution in [1.82, 2.24) is 10.2 Å². The zero-order chi connectivity index (χ0) is 14.8. The minimum Gasteiger partial charge on any atom is -0.507 e. The van der Waals surface area contributed by atoms with Gasteiger partial charge >= 0.3 is 0 Å². The highest BCUT2D eigenvalue weighted by Crippen LogP contribution is 2.28. The Hall–Kier alpha value is -1.91. The summed E-state index contributed by atoms with van der Waals surface area (Å²) in [6.07, 6.45) is 0. The summed E-state index contributed by atoms with van der Waals surface area (Å²) in [7, 11) is 0. The smallest absolute Gasteiger partial charge is 0.180 e. The number of aromatic hydroxyl groups is 1. The van der Waals surface area contributed by atoms with E-state index in [9.17, 15) is 9.90 Å². The van der Waals surface area contributed by atoms with Gasteiger partial charge in [-0.2, -0.15) is 0 Å². The number of benzene rings is 2. The minimum absolute atomic E-state index is 0.119. The first-order valence-corrected chi connectivity index (χ1v) is 7.38. The number of hydrogen-bond acceptors (Lipinski definition) is 4. The Labute approximate surface area is 124 Å². The summed E-state index contributed by atoms with van der Waals surface area (Å²) in [5.74, 6) is 0.338. The molecule has 0 aromatic heterocycles. The Morgan fingerprint density at radius 2 is 1.81 bits per heavy atom. The Morgan fingerprint density at radius 1 is 1.14 bits per heavy atom. The van der Waals surface area contributed by atoms with Crippen LogP contribution in [0.2, 0.25) is 0 Å². The molecule has 1 fully saturated rings. The summed E-state index contributed by atoms with van der Waals surface area (Å²) in [5.41, 5.74) is 0.689. The summed E-state index contributed by atoms with van der Waals surface area (Å²) < 4.78 is 0. The molecular formula is C17H20N2O2. The zero-order valence-corrected chi connectivity index (χ0v) is 12.2. The van der Waals surface area contributed by atoms with Crippen molar-refractivity contribution >= 4 is 16.6 Å². The van der Waals surface area contributed by atoms with Gasteiger partial charge in [0.05, 0.1) is 6.04 Å².